The van der Waals surface area contributed by atoms with Crippen LogP contribution < -0.4 is 4.74 Å². The first-order valence-corrected chi connectivity index (χ1v) is 8.81. The highest BCUT2D eigenvalue weighted by atomic mass is 32.1. The van der Waals surface area contributed by atoms with Crippen LogP contribution in [0.1, 0.15) is 13.3 Å². The molecule has 0 aliphatic rings. The predicted octanol–water partition coefficient (Wildman–Crippen LogP) is 5.46. The molecule has 4 aromatic rings. The Kier molecular flexibility index (Phi) is 4.07. The van der Waals surface area contributed by atoms with Gasteiger partial charge in [-0.1, -0.05) is 30.4 Å². The molecular formula is C18H16N4O2S. The standard InChI is InChI=1S/C18H16N4O2S/c1-2-11-24-13-9-7-12(8-10-13)20-21-16-17(23)22-15-6-4-3-5-14(15)19-18(22)25-16/h3-10,23H,2,11H2,1H3. The number of rotatable bonds is 5. The van der Waals surface area contributed by atoms with Gasteiger partial charge in [0.2, 0.25) is 10.9 Å². The van der Waals surface area contributed by atoms with Crippen LogP contribution in [0.4, 0.5) is 10.7 Å². The second-order valence-electron chi connectivity index (χ2n) is 5.49. The quantitative estimate of drug-likeness (QED) is 0.485. The zero-order chi connectivity index (χ0) is 17.2. The summed E-state index contributed by atoms with van der Waals surface area (Å²) in [6, 6.07) is 15.0. The Balaban J connectivity index is 1.61. The molecule has 6 nitrogen and oxygen atoms in total. The number of para-hydroxylation sites is 2. The number of ether oxygens (including phenoxy) is 1. The Morgan fingerprint density at radius 1 is 1.12 bits per heavy atom. The molecule has 0 fully saturated rings. The third-order valence-corrected chi connectivity index (χ3v) is 4.60. The van der Waals surface area contributed by atoms with Crippen LogP contribution >= 0.6 is 11.3 Å². The molecule has 0 amide bonds. The monoisotopic (exact) mass is 352 g/mol. The van der Waals surface area contributed by atoms with Crippen molar-refractivity contribution in [2.75, 3.05) is 6.61 Å². The SMILES string of the molecule is CCCOc1ccc(N=Nc2sc3nc4ccccc4n3c2O)cc1. The Labute approximate surface area is 148 Å². The molecule has 0 atom stereocenters. The van der Waals surface area contributed by atoms with Crippen LogP contribution in [0.25, 0.3) is 16.0 Å². The van der Waals surface area contributed by atoms with Gasteiger partial charge in [-0.3, -0.25) is 4.40 Å². The molecule has 0 aliphatic carbocycles. The van der Waals surface area contributed by atoms with Crippen LogP contribution in [0.3, 0.4) is 0 Å². The zero-order valence-corrected chi connectivity index (χ0v) is 14.4. The maximum absolute atomic E-state index is 10.5. The first-order chi connectivity index (χ1) is 12.3. The van der Waals surface area contributed by atoms with E-state index < -0.39 is 0 Å². The number of aromatic nitrogens is 2. The average Bonchev–Trinajstić information content (AvgIpc) is 3.15. The maximum Gasteiger partial charge on any atom is 0.237 e. The summed E-state index contributed by atoms with van der Waals surface area (Å²) >= 11 is 1.30. The number of hydrogen-bond acceptors (Lipinski definition) is 6. The predicted molar refractivity (Wildman–Crippen MR) is 98.6 cm³/mol. The summed E-state index contributed by atoms with van der Waals surface area (Å²) in [5.41, 5.74) is 2.39. The van der Waals surface area contributed by atoms with Gasteiger partial charge in [-0.2, -0.15) is 0 Å². The molecule has 25 heavy (non-hydrogen) atoms. The van der Waals surface area contributed by atoms with E-state index in [0.29, 0.717) is 22.3 Å². The summed E-state index contributed by atoms with van der Waals surface area (Å²) in [7, 11) is 0. The molecular weight excluding hydrogens is 336 g/mol. The van der Waals surface area contributed by atoms with Gasteiger partial charge in [0.25, 0.3) is 0 Å². The molecule has 0 unspecified atom stereocenters. The van der Waals surface area contributed by atoms with E-state index in [0.717, 1.165) is 23.2 Å². The Morgan fingerprint density at radius 2 is 1.92 bits per heavy atom. The van der Waals surface area contributed by atoms with Crippen molar-refractivity contribution in [2.24, 2.45) is 10.2 Å². The lowest BCUT2D eigenvalue weighted by molar-refractivity contribution is 0.317. The van der Waals surface area contributed by atoms with Gasteiger partial charge in [0.1, 0.15) is 5.75 Å². The second kappa shape index (κ2) is 6.52. The second-order valence-corrected chi connectivity index (χ2v) is 6.45. The van der Waals surface area contributed by atoms with Crippen molar-refractivity contribution in [1.29, 1.82) is 0 Å². The van der Waals surface area contributed by atoms with Gasteiger partial charge < -0.3 is 9.84 Å². The van der Waals surface area contributed by atoms with Crippen molar-refractivity contribution in [3.8, 4) is 11.6 Å². The molecule has 0 saturated carbocycles. The molecule has 2 heterocycles. The highest BCUT2D eigenvalue weighted by Crippen LogP contribution is 2.39. The van der Waals surface area contributed by atoms with E-state index in [1.165, 1.54) is 11.3 Å². The molecule has 4 rings (SSSR count). The Bertz CT molecular complexity index is 1050. The van der Waals surface area contributed by atoms with Crippen LogP contribution in [0.5, 0.6) is 11.6 Å². The number of imidazole rings is 1. The van der Waals surface area contributed by atoms with E-state index in [4.69, 9.17) is 4.74 Å². The van der Waals surface area contributed by atoms with Crippen molar-refractivity contribution in [2.45, 2.75) is 13.3 Å². The van der Waals surface area contributed by atoms with Gasteiger partial charge in [-0.05, 0) is 42.8 Å². The first kappa shape index (κ1) is 15.6. The summed E-state index contributed by atoms with van der Waals surface area (Å²) in [4.78, 5) is 5.19. The molecule has 2 aromatic heterocycles. The number of azo groups is 1. The van der Waals surface area contributed by atoms with Crippen LogP contribution in [-0.2, 0) is 0 Å². The van der Waals surface area contributed by atoms with Gasteiger partial charge >= 0.3 is 0 Å². The lowest BCUT2D eigenvalue weighted by Gasteiger charge is -2.03. The first-order valence-electron chi connectivity index (χ1n) is 8.00. The van der Waals surface area contributed by atoms with Crippen LogP contribution in [0.2, 0.25) is 0 Å². The fourth-order valence-electron chi connectivity index (χ4n) is 2.50. The smallest absolute Gasteiger partial charge is 0.237 e. The van der Waals surface area contributed by atoms with Gasteiger partial charge in [0.15, 0.2) is 4.96 Å². The lowest BCUT2D eigenvalue weighted by atomic mass is 10.3. The number of benzene rings is 2. The molecule has 0 saturated heterocycles. The lowest BCUT2D eigenvalue weighted by Crippen LogP contribution is -1.93. The molecule has 0 spiro atoms. The minimum absolute atomic E-state index is 0.0559. The van der Waals surface area contributed by atoms with Crippen molar-refractivity contribution in [1.82, 2.24) is 9.38 Å². The van der Waals surface area contributed by atoms with Gasteiger partial charge in [0.05, 0.1) is 23.3 Å². The highest BCUT2D eigenvalue weighted by molar-refractivity contribution is 7.21. The fraction of sp³-hybridized carbons (Fsp3) is 0.167. The zero-order valence-electron chi connectivity index (χ0n) is 13.6. The molecule has 126 valence electrons. The van der Waals surface area contributed by atoms with Crippen molar-refractivity contribution >= 4 is 38.0 Å². The Hall–Kier alpha value is -2.93. The van der Waals surface area contributed by atoms with Gasteiger partial charge in [-0.15, -0.1) is 10.2 Å². The number of thiazole rings is 1. The van der Waals surface area contributed by atoms with E-state index in [1.807, 2.05) is 48.5 Å². The van der Waals surface area contributed by atoms with Gasteiger partial charge in [-0.25, -0.2) is 4.98 Å². The number of hydrogen-bond donors (Lipinski definition) is 1. The van der Waals surface area contributed by atoms with Crippen molar-refractivity contribution in [3.63, 3.8) is 0 Å². The van der Waals surface area contributed by atoms with Crippen LogP contribution in [0.15, 0.2) is 58.8 Å². The average molecular weight is 352 g/mol. The number of fused-ring (bicyclic) bond motifs is 3. The van der Waals surface area contributed by atoms with Crippen molar-refractivity contribution in [3.05, 3.63) is 48.5 Å². The summed E-state index contributed by atoms with van der Waals surface area (Å²) < 4.78 is 7.23. The minimum atomic E-state index is 0.0559. The van der Waals surface area contributed by atoms with E-state index in [1.54, 1.807) is 4.40 Å². The highest BCUT2D eigenvalue weighted by Gasteiger charge is 2.15. The molecule has 7 heteroatoms. The van der Waals surface area contributed by atoms with Gasteiger partial charge in [0, 0.05) is 0 Å². The third-order valence-electron chi connectivity index (χ3n) is 3.69. The molecule has 0 radical (unpaired) electrons. The summed E-state index contributed by atoms with van der Waals surface area (Å²) in [6.07, 6.45) is 0.968. The molecule has 0 bridgehead atoms. The number of nitrogens with zero attached hydrogens (tertiary/aromatic N) is 4. The third kappa shape index (κ3) is 2.94. The summed E-state index contributed by atoms with van der Waals surface area (Å²) in [5, 5.41) is 19.3. The van der Waals surface area contributed by atoms with Crippen molar-refractivity contribution < 1.29 is 9.84 Å². The topological polar surface area (TPSA) is 71.5 Å². The molecule has 0 aliphatic heterocycles. The normalized spacial score (nSPS) is 11.7. The van der Waals surface area contributed by atoms with E-state index in [2.05, 4.69) is 22.1 Å². The van der Waals surface area contributed by atoms with E-state index in [9.17, 15) is 5.11 Å². The van der Waals surface area contributed by atoms with Crippen LogP contribution in [-0.4, -0.2) is 21.1 Å². The molecule has 2 aromatic carbocycles. The molecule has 1 N–H and O–H groups in total. The number of aromatic hydroxyl groups is 1. The largest absolute Gasteiger partial charge is 0.494 e. The Morgan fingerprint density at radius 3 is 2.72 bits per heavy atom. The fourth-order valence-corrected chi connectivity index (χ4v) is 3.36. The minimum Gasteiger partial charge on any atom is -0.494 e. The van der Waals surface area contributed by atoms with E-state index >= 15 is 0 Å². The summed E-state index contributed by atoms with van der Waals surface area (Å²) in [5.74, 6) is 0.866. The van der Waals surface area contributed by atoms with Crippen LogP contribution in [0, 0.1) is 0 Å². The maximum atomic E-state index is 10.5. The van der Waals surface area contributed by atoms with E-state index in [-0.39, 0.29) is 5.88 Å². The summed E-state index contributed by atoms with van der Waals surface area (Å²) in [6.45, 7) is 2.76.